The summed E-state index contributed by atoms with van der Waals surface area (Å²) in [5.41, 5.74) is 1.22. The topological polar surface area (TPSA) is 93.5 Å². The van der Waals surface area contributed by atoms with Crippen LogP contribution < -0.4 is 10.6 Å². The molecule has 0 aliphatic heterocycles. The molecule has 2 aromatic heterocycles. The van der Waals surface area contributed by atoms with Crippen LogP contribution in [0.2, 0.25) is 0 Å². The Labute approximate surface area is 154 Å². The summed E-state index contributed by atoms with van der Waals surface area (Å²) < 4.78 is 10.3. The van der Waals surface area contributed by atoms with Crippen LogP contribution in [0.4, 0.5) is 10.5 Å². The van der Waals surface area contributed by atoms with Crippen LogP contribution in [0.15, 0.2) is 58.4 Å². The maximum Gasteiger partial charge on any atom is 0.319 e. The van der Waals surface area contributed by atoms with E-state index in [1.165, 1.54) is 0 Å². The lowest BCUT2D eigenvalue weighted by molar-refractivity contribution is -0.144. The van der Waals surface area contributed by atoms with E-state index in [4.69, 9.17) is 9.26 Å². The summed E-state index contributed by atoms with van der Waals surface area (Å²) in [6, 6.07) is 14.3. The molecule has 0 aliphatic carbocycles. The second-order valence-corrected chi connectivity index (χ2v) is 6.27. The van der Waals surface area contributed by atoms with Gasteiger partial charge in [-0.25, -0.2) is 4.79 Å². The van der Waals surface area contributed by atoms with Gasteiger partial charge in [0, 0.05) is 18.3 Å². The van der Waals surface area contributed by atoms with E-state index in [1.807, 2.05) is 35.7 Å². The van der Waals surface area contributed by atoms with Crippen LogP contribution in [-0.2, 0) is 16.1 Å². The summed E-state index contributed by atoms with van der Waals surface area (Å²) in [4.78, 5) is 24.4. The van der Waals surface area contributed by atoms with E-state index < -0.39 is 5.97 Å². The van der Waals surface area contributed by atoms with Crippen molar-refractivity contribution in [3.8, 4) is 10.6 Å². The van der Waals surface area contributed by atoms with Crippen LogP contribution in [0.1, 0.15) is 12.1 Å². The highest BCUT2D eigenvalue weighted by molar-refractivity contribution is 7.13. The molecule has 7 nitrogen and oxygen atoms in total. The fourth-order valence-corrected chi connectivity index (χ4v) is 2.79. The maximum absolute atomic E-state index is 11.7. The zero-order valence-corrected chi connectivity index (χ0v) is 14.6. The lowest BCUT2D eigenvalue weighted by atomic mass is 10.3. The van der Waals surface area contributed by atoms with Gasteiger partial charge in [-0.3, -0.25) is 4.79 Å². The molecule has 1 aromatic carbocycles. The van der Waals surface area contributed by atoms with Crippen molar-refractivity contribution in [3.05, 3.63) is 59.6 Å². The van der Waals surface area contributed by atoms with Crippen LogP contribution in [0.5, 0.6) is 0 Å². The zero-order valence-electron chi connectivity index (χ0n) is 13.8. The van der Waals surface area contributed by atoms with Gasteiger partial charge in [0.15, 0.2) is 5.76 Å². The molecule has 0 spiro atoms. The van der Waals surface area contributed by atoms with Crippen LogP contribution in [0.3, 0.4) is 0 Å². The zero-order chi connectivity index (χ0) is 18.2. The smallest absolute Gasteiger partial charge is 0.319 e. The molecule has 2 N–H and O–H groups in total. The predicted molar refractivity (Wildman–Crippen MR) is 97.7 cm³/mol. The van der Waals surface area contributed by atoms with Crippen molar-refractivity contribution in [2.24, 2.45) is 0 Å². The molecule has 2 heterocycles. The number of amides is 2. The minimum atomic E-state index is -0.425. The number of carbonyl (C=O) groups is 2. The number of nitrogens with one attached hydrogen (secondary N) is 2. The molecule has 0 atom stereocenters. The number of rotatable bonds is 7. The average molecular weight is 371 g/mol. The maximum atomic E-state index is 11.7. The molecule has 0 bridgehead atoms. The normalized spacial score (nSPS) is 10.3. The number of para-hydroxylation sites is 1. The standard InChI is InChI=1S/C18H17N3O4S/c22-17(8-9-19-18(23)20-13-5-2-1-3-6-13)24-12-14-11-15(25-21-14)16-7-4-10-26-16/h1-7,10-11H,8-9,12H2,(H2,19,20,23). The summed E-state index contributed by atoms with van der Waals surface area (Å²) >= 11 is 1.54. The molecule has 3 rings (SSSR count). The number of thiophene rings is 1. The number of benzene rings is 1. The fraction of sp³-hybridized carbons (Fsp3) is 0.167. The number of ether oxygens (including phenoxy) is 1. The molecule has 134 valence electrons. The Morgan fingerprint density at radius 3 is 2.77 bits per heavy atom. The first kappa shape index (κ1) is 17.7. The Kier molecular flexibility index (Phi) is 6.00. The highest BCUT2D eigenvalue weighted by Gasteiger charge is 2.10. The molecule has 0 saturated carbocycles. The molecule has 3 aromatic rings. The molecule has 0 radical (unpaired) electrons. The van der Waals surface area contributed by atoms with Crippen molar-refractivity contribution in [1.29, 1.82) is 0 Å². The molecular formula is C18H17N3O4S. The number of carbonyl (C=O) groups excluding carboxylic acids is 2. The number of urea groups is 1. The van der Waals surface area contributed by atoms with Gasteiger partial charge in [0.25, 0.3) is 0 Å². The number of nitrogens with zero attached hydrogens (tertiary/aromatic N) is 1. The largest absolute Gasteiger partial charge is 0.459 e. The van der Waals surface area contributed by atoms with Crippen molar-refractivity contribution in [1.82, 2.24) is 10.5 Å². The summed E-state index contributed by atoms with van der Waals surface area (Å²) in [5.74, 6) is 0.219. The number of anilines is 1. The van der Waals surface area contributed by atoms with E-state index in [1.54, 1.807) is 29.5 Å². The molecular weight excluding hydrogens is 354 g/mol. The molecule has 0 aliphatic rings. The third-order valence-electron chi connectivity index (χ3n) is 3.35. The van der Waals surface area contributed by atoms with Gasteiger partial charge in [0.05, 0.1) is 11.3 Å². The first-order valence-corrected chi connectivity index (χ1v) is 8.83. The van der Waals surface area contributed by atoms with Gasteiger partial charge in [-0.15, -0.1) is 11.3 Å². The first-order chi connectivity index (χ1) is 12.7. The van der Waals surface area contributed by atoms with Crippen LogP contribution in [0.25, 0.3) is 10.6 Å². The fourth-order valence-electron chi connectivity index (χ4n) is 2.12. The van der Waals surface area contributed by atoms with Gasteiger partial charge in [-0.2, -0.15) is 0 Å². The summed E-state index contributed by atoms with van der Waals surface area (Å²) in [5, 5.41) is 11.1. The molecule has 0 saturated heterocycles. The van der Waals surface area contributed by atoms with E-state index in [-0.39, 0.29) is 25.6 Å². The monoisotopic (exact) mass is 371 g/mol. The second-order valence-electron chi connectivity index (χ2n) is 5.32. The third kappa shape index (κ3) is 5.18. The van der Waals surface area contributed by atoms with Crippen LogP contribution in [0, 0.1) is 0 Å². The van der Waals surface area contributed by atoms with Crippen LogP contribution >= 0.6 is 11.3 Å². The van der Waals surface area contributed by atoms with E-state index >= 15 is 0 Å². The highest BCUT2D eigenvalue weighted by atomic mass is 32.1. The van der Waals surface area contributed by atoms with Crippen molar-refractivity contribution in [3.63, 3.8) is 0 Å². The quantitative estimate of drug-likeness (QED) is 0.618. The van der Waals surface area contributed by atoms with Crippen LogP contribution in [-0.4, -0.2) is 23.7 Å². The lowest BCUT2D eigenvalue weighted by Crippen LogP contribution is -2.30. The van der Waals surface area contributed by atoms with E-state index in [2.05, 4.69) is 15.8 Å². The third-order valence-corrected chi connectivity index (χ3v) is 4.23. The number of hydrogen-bond acceptors (Lipinski definition) is 6. The van der Waals surface area contributed by atoms with Gasteiger partial charge < -0.3 is 19.9 Å². The predicted octanol–water partition coefficient (Wildman–Crippen LogP) is 3.66. The van der Waals surface area contributed by atoms with E-state index in [9.17, 15) is 9.59 Å². The van der Waals surface area contributed by atoms with E-state index in [0.717, 1.165) is 4.88 Å². The number of aromatic nitrogens is 1. The minimum Gasteiger partial charge on any atom is -0.459 e. The average Bonchev–Trinajstić information content (AvgIpc) is 3.32. The van der Waals surface area contributed by atoms with Gasteiger partial charge in [-0.05, 0) is 23.6 Å². The van der Waals surface area contributed by atoms with Gasteiger partial charge in [-0.1, -0.05) is 29.4 Å². The molecule has 2 amide bonds. The Morgan fingerprint density at radius 2 is 2.00 bits per heavy atom. The van der Waals surface area contributed by atoms with Gasteiger partial charge in [0.1, 0.15) is 12.3 Å². The molecule has 8 heteroatoms. The Morgan fingerprint density at radius 1 is 1.15 bits per heavy atom. The number of hydrogen-bond donors (Lipinski definition) is 2. The summed E-state index contributed by atoms with van der Waals surface area (Å²) in [7, 11) is 0. The molecule has 0 fully saturated rings. The van der Waals surface area contributed by atoms with Gasteiger partial charge in [0.2, 0.25) is 0 Å². The number of esters is 1. The highest BCUT2D eigenvalue weighted by Crippen LogP contribution is 2.25. The van der Waals surface area contributed by atoms with Crippen molar-refractivity contribution in [2.45, 2.75) is 13.0 Å². The molecule has 0 unspecified atom stereocenters. The van der Waals surface area contributed by atoms with Crippen molar-refractivity contribution in [2.75, 3.05) is 11.9 Å². The van der Waals surface area contributed by atoms with E-state index in [0.29, 0.717) is 17.1 Å². The second kappa shape index (κ2) is 8.82. The van der Waals surface area contributed by atoms with Gasteiger partial charge >= 0.3 is 12.0 Å². The molecule has 26 heavy (non-hydrogen) atoms. The van der Waals surface area contributed by atoms with Crippen molar-refractivity contribution < 1.29 is 18.8 Å². The Balaban J connectivity index is 1.35. The summed E-state index contributed by atoms with van der Waals surface area (Å²) in [6.07, 6.45) is 0.0673. The Bertz CT molecular complexity index is 846. The summed E-state index contributed by atoms with van der Waals surface area (Å²) in [6.45, 7) is 0.209. The Hall–Kier alpha value is -3.13. The van der Waals surface area contributed by atoms with Crippen molar-refractivity contribution >= 4 is 29.0 Å². The lowest BCUT2D eigenvalue weighted by Gasteiger charge is -2.07. The minimum absolute atomic E-state index is 0.0317. The SMILES string of the molecule is O=C(NCCC(=O)OCc1cc(-c2cccs2)on1)Nc1ccccc1. The first-order valence-electron chi connectivity index (χ1n) is 7.96.